The lowest BCUT2D eigenvalue weighted by Gasteiger charge is -2.22. The van der Waals surface area contributed by atoms with E-state index in [9.17, 15) is 13.2 Å². The molecule has 0 atom stereocenters. The molecule has 0 fully saturated rings. The van der Waals surface area contributed by atoms with Gasteiger partial charge in [-0.3, -0.25) is 4.79 Å². The van der Waals surface area contributed by atoms with Crippen LogP contribution < -0.4 is 14.8 Å². The van der Waals surface area contributed by atoms with Crippen LogP contribution in [0.3, 0.4) is 0 Å². The number of benzene rings is 2. The zero-order chi connectivity index (χ0) is 23.6. The van der Waals surface area contributed by atoms with Crippen molar-refractivity contribution in [1.29, 1.82) is 0 Å². The van der Waals surface area contributed by atoms with Gasteiger partial charge >= 0.3 is 0 Å². The maximum Gasteiger partial charge on any atom is 0.243 e. The van der Waals surface area contributed by atoms with Gasteiger partial charge in [-0.05, 0) is 54.8 Å². The minimum atomic E-state index is -3.56. The summed E-state index contributed by atoms with van der Waals surface area (Å²) in [6, 6.07) is 11.7. The maximum atomic E-state index is 13.0. The number of nitrogens with one attached hydrogen (secondary N) is 1. The summed E-state index contributed by atoms with van der Waals surface area (Å²) in [6.45, 7) is 5.12. The smallest absolute Gasteiger partial charge is 0.243 e. The summed E-state index contributed by atoms with van der Waals surface area (Å²) >= 11 is 0. The van der Waals surface area contributed by atoms with Crippen LogP contribution in [-0.2, 0) is 21.2 Å². The number of anilines is 1. The normalized spacial score (nSPS) is 11.4. The second kappa shape index (κ2) is 12.5. The summed E-state index contributed by atoms with van der Waals surface area (Å²) in [5.41, 5.74) is 1.32. The van der Waals surface area contributed by atoms with Crippen LogP contribution in [0.25, 0.3) is 0 Å². The van der Waals surface area contributed by atoms with Crippen molar-refractivity contribution in [2.24, 2.45) is 0 Å². The summed E-state index contributed by atoms with van der Waals surface area (Å²) in [6.07, 6.45) is 3.68. The molecular weight excluding hydrogens is 428 g/mol. The molecule has 0 unspecified atom stereocenters. The first-order valence-corrected chi connectivity index (χ1v) is 12.4. The van der Waals surface area contributed by atoms with E-state index >= 15 is 0 Å². The Labute approximate surface area is 191 Å². The number of hydrogen-bond acceptors (Lipinski definition) is 5. The highest BCUT2D eigenvalue weighted by Crippen LogP contribution is 2.28. The topological polar surface area (TPSA) is 84.9 Å². The molecule has 0 aromatic heterocycles. The Balaban J connectivity index is 2.07. The molecule has 7 nitrogen and oxygen atoms in total. The third-order valence-corrected chi connectivity index (χ3v) is 7.02. The largest absolute Gasteiger partial charge is 0.493 e. The SMILES string of the molecule is CCCCN(CCCC)S(=O)(=O)c1ccc(NC(=O)Cc2ccc(OC)c(OC)c2)cc1. The molecule has 8 heteroatoms. The number of amides is 1. The van der Waals surface area contributed by atoms with Gasteiger partial charge in [0.25, 0.3) is 0 Å². The van der Waals surface area contributed by atoms with E-state index in [1.807, 2.05) is 13.8 Å². The van der Waals surface area contributed by atoms with Gasteiger partial charge < -0.3 is 14.8 Å². The van der Waals surface area contributed by atoms with Gasteiger partial charge in [0.15, 0.2) is 11.5 Å². The fourth-order valence-corrected chi connectivity index (χ4v) is 4.78. The fourth-order valence-electron chi connectivity index (χ4n) is 3.26. The fraction of sp³-hybridized carbons (Fsp3) is 0.458. The van der Waals surface area contributed by atoms with Crippen molar-refractivity contribution >= 4 is 21.6 Å². The van der Waals surface area contributed by atoms with Gasteiger partial charge in [0.1, 0.15) is 0 Å². The van der Waals surface area contributed by atoms with Gasteiger partial charge in [0.05, 0.1) is 25.5 Å². The molecule has 1 amide bonds. The minimum Gasteiger partial charge on any atom is -0.493 e. The number of carbonyl (C=O) groups excluding carboxylic acids is 1. The van der Waals surface area contributed by atoms with Crippen molar-refractivity contribution in [2.45, 2.75) is 50.8 Å². The van der Waals surface area contributed by atoms with Gasteiger partial charge in [-0.1, -0.05) is 32.8 Å². The van der Waals surface area contributed by atoms with E-state index in [0.717, 1.165) is 31.2 Å². The van der Waals surface area contributed by atoms with Crippen LogP contribution in [0, 0.1) is 0 Å². The molecule has 0 saturated carbocycles. The van der Waals surface area contributed by atoms with E-state index in [1.165, 1.54) is 0 Å². The molecule has 2 rings (SSSR count). The lowest BCUT2D eigenvalue weighted by molar-refractivity contribution is -0.115. The van der Waals surface area contributed by atoms with Gasteiger partial charge in [-0.2, -0.15) is 4.31 Å². The quantitative estimate of drug-likeness (QED) is 0.475. The first kappa shape index (κ1) is 25.7. The Bertz CT molecular complexity index is 966. The molecule has 0 bridgehead atoms. The first-order valence-electron chi connectivity index (χ1n) is 11.0. The van der Waals surface area contributed by atoms with E-state index in [4.69, 9.17) is 9.47 Å². The lowest BCUT2D eigenvalue weighted by atomic mass is 10.1. The summed E-state index contributed by atoms with van der Waals surface area (Å²) in [4.78, 5) is 12.7. The monoisotopic (exact) mass is 462 g/mol. The van der Waals surface area contributed by atoms with Crippen LogP contribution in [0.5, 0.6) is 11.5 Å². The van der Waals surface area contributed by atoms with Gasteiger partial charge in [-0.25, -0.2) is 8.42 Å². The standard InChI is InChI=1S/C24H34N2O5S/c1-5-7-15-26(16-8-6-2)32(28,29)21-12-10-20(11-13-21)25-24(27)18-19-9-14-22(30-3)23(17-19)31-4/h9-14,17H,5-8,15-16,18H2,1-4H3,(H,25,27). The molecule has 2 aromatic rings. The predicted octanol–water partition coefficient (Wildman–Crippen LogP) is 4.48. The Morgan fingerprint density at radius 2 is 1.50 bits per heavy atom. The Morgan fingerprint density at radius 1 is 0.906 bits per heavy atom. The highest BCUT2D eigenvalue weighted by Gasteiger charge is 2.23. The molecule has 32 heavy (non-hydrogen) atoms. The summed E-state index contributed by atoms with van der Waals surface area (Å²) in [7, 11) is -0.458. The number of carbonyl (C=O) groups is 1. The van der Waals surface area contributed by atoms with E-state index in [1.54, 1.807) is 61.0 Å². The Kier molecular flexibility index (Phi) is 9.99. The summed E-state index contributed by atoms with van der Waals surface area (Å²) < 4.78 is 38.1. The van der Waals surface area contributed by atoms with Crippen molar-refractivity contribution in [3.8, 4) is 11.5 Å². The van der Waals surface area contributed by atoms with E-state index < -0.39 is 10.0 Å². The second-order valence-electron chi connectivity index (χ2n) is 7.55. The molecule has 176 valence electrons. The number of unbranched alkanes of at least 4 members (excludes halogenated alkanes) is 2. The molecule has 0 aliphatic heterocycles. The molecule has 0 aliphatic rings. The van der Waals surface area contributed by atoms with Crippen molar-refractivity contribution < 1.29 is 22.7 Å². The first-order chi connectivity index (χ1) is 15.3. The van der Waals surface area contributed by atoms with Crippen LogP contribution in [0.4, 0.5) is 5.69 Å². The van der Waals surface area contributed by atoms with Gasteiger partial charge in [0, 0.05) is 18.8 Å². The van der Waals surface area contributed by atoms with E-state index in [2.05, 4.69) is 5.32 Å². The number of nitrogens with zero attached hydrogens (tertiary/aromatic N) is 1. The van der Waals surface area contributed by atoms with Crippen molar-refractivity contribution in [2.75, 3.05) is 32.6 Å². The van der Waals surface area contributed by atoms with Crippen LogP contribution in [0.2, 0.25) is 0 Å². The van der Waals surface area contributed by atoms with Crippen LogP contribution in [0.1, 0.15) is 45.1 Å². The van der Waals surface area contributed by atoms with Crippen molar-refractivity contribution in [3.05, 3.63) is 48.0 Å². The highest BCUT2D eigenvalue weighted by atomic mass is 32.2. The van der Waals surface area contributed by atoms with Crippen molar-refractivity contribution in [1.82, 2.24) is 4.31 Å². The third-order valence-electron chi connectivity index (χ3n) is 5.11. The van der Waals surface area contributed by atoms with Gasteiger partial charge in [-0.15, -0.1) is 0 Å². The number of methoxy groups -OCH3 is 2. The molecule has 1 N–H and O–H groups in total. The molecular formula is C24H34N2O5S. The molecule has 0 spiro atoms. The van der Waals surface area contributed by atoms with E-state index in [0.29, 0.717) is 30.3 Å². The Morgan fingerprint density at radius 3 is 2.03 bits per heavy atom. The van der Waals surface area contributed by atoms with Gasteiger partial charge in [0.2, 0.25) is 15.9 Å². The average Bonchev–Trinajstić information content (AvgIpc) is 2.79. The average molecular weight is 463 g/mol. The number of ether oxygens (including phenoxy) is 2. The summed E-state index contributed by atoms with van der Waals surface area (Å²) in [5, 5.41) is 2.81. The molecule has 0 saturated heterocycles. The van der Waals surface area contributed by atoms with Crippen molar-refractivity contribution in [3.63, 3.8) is 0 Å². The van der Waals surface area contributed by atoms with Crippen LogP contribution >= 0.6 is 0 Å². The van der Waals surface area contributed by atoms with Crippen LogP contribution in [-0.4, -0.2) is 45.9 Å². The highest BCUT2D eigenvalue weighted by molar-refractivity contribution is 7.89. The lowest BCUT2D eigenvalue weighted by Crippen LogP contribution is -2.33. The van der Waals surface area contributed by atoms with E-state index in [-0.39, 0.29) is 17.2 Å². The second-order valence-corrected chi connectivity index (χ2v) is 9.49. The molecule has 0 heterocycles. The number of rotatable bonds is 13. The zero-order valence-electron chi connectivity index (χ0n) is 19.4. The van der Waals surface area contributed by atoms with Crippen LogP contribution in [0.15, 0.2) is 47.4 Å². The Hall–Kier alpha value is -2.58. The molecule has 0 radical (unpaired) electrons. The number of hydrogen-bond donors (Lipinski definition) is 1. The third kappa shape index (κ3) is 6.97. The predicted molar refractivity (Wildman–Crippen MR) is 127 cm³/mol. The number of sulfonamides is 1. The summed E-state index contributed by atoms with van der Waals surface area (Å²) in [5.74, 6) is 0.948. The molecule has 0 aliphatic carbocycles. The maximum absolute atomic E-state index is 13.0. The zero-order valence-corrected chi connectivity index (χ0v) is 20.2. The molecule has 2 aromatic carbocycles. The minimum absolute atomic E-state index is 0.155.